The van der Waals surface area contributed by atoms with Gasteiger partial charge < -0.3 is 10.2 Å². The molecule has 1 aliphatic carbocycles. The number of aryl methyl sites for hydroxylation is 2. The van der Waals surface area contributed by atoms with Gasteiger partial charge in [-0.2, -0.15) is 0 Å². The van der Waals surface area contributed by atoms with Crippen molar-refractivity contribution in [2.24, 2.45) is 0 Å². The van der Waals surface area contributed by atoms with Crippen molar-refractivity contribution in [2.75, 3.05) is 18.0 Å². The van der Waals surface area contributed by atoms with Gasteiger partial charge in [-0.3, -0.25) is 0 Å². The zero-order valence-corrected chi connectivity index (χ0v) is 13.2. The van der Waals surface area contributed by atoms with Gasteiger partial charge in [-0.25, -0.2) is 0 Å². The third-order valence-corrected chi connectivity index (χ3v) is 5.33. The topological polar surface area (TPSA) is 15.3 Å². The van der Waals surface area contributed by atoms with Crippen LogP contribution in [0, 0.1) is 13.8 Å². The molecule has 2 nitrogen and oxygen atoms in total. The Balaban J connectivity index is 1.92. The molecule has 1 spiro atoms. The first-order chi connectivity index (χ1) is 9.63. The van der Waals surface area contributed by atoms with Gasteiger partial charge in [0.1, 0.15) is 0 Å². The Kier molecular flexibility index (Phi) is 3.76. The van der Waals surface area contributed by atoms with Gasteiger partial charge in [-0.1, -0.05) is 31.9 Å². The van der Waals surface area contributed by atoms with Gasteiger partial charge in [-0.05, 0) is 50.3 Å². The molecule has 1 N–H and O–H groups in total. The highest BCUT2D eigenvalue weighted by Gasteiger charge is 2.40. The molecule has 1 aromatic carbocycles. The Morgan fingerprint density at radius 3 is 2.70 bits per heavy atom. The van der Waals surface area contributed by atoms with E-state index in [1.165, 1.54) is 55.5 Å². The molecule has 0 radical (unpaired) electrons. The van der Waals surface area contributed by atoms with Gasteiger partial charge in [-0.15, -0.1) is 0 Å². The van der Waals surface area contributed by atoms with Crippen molar-refractivity contribution in [3.63, 3.8) is 0 Å². The van der Waals surface area contributed by atoms with Crippen molar-refractivity contribution >= 4 is 5.69 Å². The average Bonchev–Trinajstić information content (AvgIpc) is 2.90. The number of nitrogens with one attached hydrogen (secondary N) is 1. The maximum absolute atomic E-state index is 3.89. The molecular formula is C18H28N2. The lowest BCUT2D eigenvalue weighted by atomic mass is 9.90. The molecule has 1 aromatic rings. The zero-order chi connectivity index (χ0) is 14.2. The van der Waals surface area contributed by atoms with Crippen LogP contribution < -0.4 is 10.2 Å². The average molecular weight is 272 g/mol. The Hall–Kier alpha value is -1.02. The van der Waals surface area contributed by atoms with E-state index in [0.29, 0.717) is 11.6 Å². The van der Waals surface area contributed by atoms with Gasteiger partial charge in [0, 0.05) is 30.4 Å². The van der Waals surface area contributed by atoms with Crippen molar-refractivity contribution in [3.05, 3.63) is 29.3 Å². The van der Waals surface area contributed by atoms with Crippen LogP contribution >= 0.6 is 0 Å². The number of hydrogen-bond donors (Lipinski definition) is 1. The van der Waals surface area contributed by atoms with Gasteiger partial charge in [0.25, 0.3) is 0 Å². The van der Waals surface area contributed by atoms with Crippen LogP contribution in [0.4, 0.5) is 5.69 Å². The first-order valence-electron chi connectivity index (χ1n) is 8.22. The van der Waals surface area contributed by atoms with E-state index in [-0.39, 0.29) is 0 Å². The molecule has 1 atom stereocenters. The lowest BCUT2D eigenvalue weighted by Crippen LogP contribution is -2.63. The molecule has 20 heavy (non-hydrogen) atoms. The summed E-state index contributed by atoms with van der Waals surface area (Å²) >= 11 is 0. The fourth-order valence-electron chi connectivity index (χ4n) is 4.02. The zero-order valence-electron chi connectivity index (χ0n) is 13.2. The molecule has 2 fully saturated rings. The number of anilines is 1. The molecule has 1 unspecified atom stereocenters. The molecule has 0 aromatic heterocycles. The molecule has 0 bridgehead atoms. The van der Waals surface area contributed by atoms with E-state index >= 15 is 0 Å². The summed E-state index contributed by atoms with van der Waals surface area (Å²) in [5, 5.41) is 3.89. The Morgan fingerprint density at radius 1 is 1.25 bits per heavy atom. The highest BCUT2D eigenvalue weighted by molar-refractivity contribution is 5.56. The summed E-state index contributed by atoms with van der Waals surface area (Å²) in [7, 11) is 0. The van der Waals surface area contributed by atoms with E-state index in [4.69, 9.17) is 0 Å². The van der Waals surface area contributed by atoms with E-state index in [9.17, 15) is 0 Å². The van der Waals surface area contributed by atoms with E-state index in [0.717, 1.165) is 6.54 Å². The molecule has 3 rings (SSSR count). The summed E-state index contributed by atoms with van der Waals surface area (Å²) in [5.74, 6) is 0. The molecule has 1 saturated carbocycles. The van der Waals surface area contributed by atoms with Crippen molar-refractivity contribution in [3.8, 4) is 0 Å². The molecular weight excluding hydrogens is 244 g/mol. The lowest BCUT2D eigenvalue weighted by Gasteiger charge is -2.48. The second-order valence-corrected chi connectivity index (χ2v) is 6.85. The Labute approximate surface area is 123 Å². The fourth-order valence-corrected chi connectivity index (χ4v) is 4.02. The summed E-state index contributed by atoms with van der Waals surface area (Å²) in [6.07, 6.45) is 6.71. The van der Waals surface area contributed by atoms with Crippen LogP contribution in [0.25, 0.3) is 0 Å². The van der Waals surface area contributed by atoms with E-state index < -0.39 is 0 Å². The number of benzene rings is 1. The van der Waals surface area contributed by atoms with Crippen molar-refractivity contribution in [1.82, 2.24) is 5.32 Å². The summed E-state index contributed by atoms with van der Waals surface area (Å²) < 4.78 is 0. The van der Waals surface area contributed by atoms with Crippen molar-refractivity contribution in [2.45, 2.75) is 64.5 Å². The lowest BCUT2D eigenvalue weighted by molar-refractivity contribution is 0.267. The predicted octanol–water partition coefficient (Wildman–Crippen LogP) is 3.80. The molecule has 1 saturated heterocycles. The fraction of sp³-hybridized carbons (Fsp3) is 0.667. The van der Waals surface area contributed by atoms with E-state index in [1.807, 2.05) is 0 Å². The minimum atomic E-state index is 0.391. The highest BCUT2D eigenvalue weighted by atomic mass is 15.3. The Bertz CT molecular complexity index is 474. The summed E-state index contributed by atoms with van der Waals surface area (Å²) in [6, 6.07) is 7.53. The van der Waals surface area contributed by atoms with Gasteiger partial charge in [0.05, 0.1) is 0 Å². The smallest absolute Gasteiger partial charge is 0.0413 e. The van der Waals surface area contributed by atoms with E-state index in [1.54, 1.807) is 0 Å². The van der Waals surface area contributed by atoms with Crippen LogP contribution in [0.1, 0.15) is 50.2 Å². The number of rotatable bonds is 2. The SMILES string of the molecule is CCC1CNC2(CCCC2)CN1c1cc(C)ccc1C. The number of hydrogen-bond acceptors (Lipinski definition) is 2. The van der Waals surface area contributed by atoms with Gasteiger partial charge in [0.2, 0.25) is 0 Å². The van der Waals surface area contributed by atoms with Gasteiger partial charge >= 0.3 is 0 Å². The van der Waals surface area contributed by atoms with E-state index in [2.05, 4.69) is 49.2 Å². The minimum absolute atomic E-state index is 0.391. The summed E-state index contributed by atoms with van der Waals surface area (Å²) in [6.45, 7) is 9.11. The molecule has 110 valence electrons. The monoisotopic (exact) mass is 272 g/mol. The third-order valence-electron chi connectivity index (χ3n) is 5.33. The minimum Gasteiger partial charge on any atom is -0.365 e. The standard InChI is InChI=1S/C18H28N2/c1-4-16-12-19-18(9-5-6-10-18)13-20(16)17-11-14(2)7-8-15(17)3/h7-8,11,16,19H,4-6,9-10,12-13H2,1-3H3. The highest BCUT2D eigenvalue weighted by Crippen LogP contribution is 2.36. The van der Waals surface area contributed by atoms with Crippen LogP contribution in [-0.4, -0.2) is 24.7 Å². The quantitative estimate of drug-likeness (QED) is 0.881. The first kappa shape index (κ1) is 13.9. The molecule has 1 heterocycles. The molecule has 0 amide bonds. The second-order valence-electron chi connectivity index (χ2n) is 6.85. The van der Waals surface area contributed by atoms with Crippen LogP contribution in [0.15, 0.2) is 18.2 Å². The van der Waals surface area contributed by atoms with Gasteiger partial charge in [0.15, 0.2) is 0 Å². The molecule has 2 aliphatic rings. The van der Waals surface area contributed by atoms with Crippen LogP contribution in [0.2, 0.25) is 0 Å². The predicted molar refractivity (Wildman–Crippen MR) is 86.5 cm³/mol. The third kappa shape index (κ3) is 2.46. The molecule has 2 heteroatoms. The van der Waals surface area contributed by atoms with Crippen LogP contribution in [0.5, 0.6) is 0 Å². The number of nitrogens with zero attached hydrogens (tertiary/aromatic N) is 1. The summed E-state index contributed by atoms with van der Waals surface area (Å²) in [4.78, 5) is 2.70. The van der Waals surface area contributed by atoms with Crippen LogP contribution in [-0.2, 0) is 0 Å². The number of piperazine rings is 1. The maximum Gasteiger partial charge on any atom is 0.0413 e. The Morgan fingerprint density at radius 2 is 2.00 bits per heavy atom. The molecule has 1 aliphatic heterocycles. The summed E-state index contributed by atoms with van der Waals surface area (Å²) in [5.41, 5.74) is 4.65. The second kappa shape index (κ2) is 5.40. The van der Waals surface area contributed by atoms with Crippen molar-refractivity contribution < 1.29 is 0 Å². The normalized spacial score (nSPS) is 25.4. The first-order valence-corrected chi connectivity index (χ1v) is 8.22. The maximum atomic E-state index is 3.89. The van der Waals surface area contributed by atoms with Crippen molar-refractivity contribution in [1.29, 1.82) is 0 Å². The van der Waals surface area contributed by atoms with Crippen LogP contribution in [0.3, 0.4) is 0 Å². The largest absolute Gasteiger partial charge is 0.365 e.